The average Bonchev–Trinajstić information content (AvgIpc) is 3.35. The van der Waals surface area contributed by atoms with Crippen molar-refractivity contribution in [3.63, 3.8) is 0 Å². The molecule has 29 heavy (non-hydrogen) atoms. The minimum Gasteiger partial charge on any atom is -0.376 e. The summed E-state index contributed by atoms with van der Waals surface area (Å²) in [5.74, 6) is -1.89. The van der Waals surface area contributed by atoms with Gasteiger partial charge in [0.1, 0.15) is 11.3 Å². The molecular formula is C21H18F2N2O3S. The quantitative estimate of drug-likeness (QED) is 0.570. The highest BCUT2D eigenvalue weighted by Crippen LogP contribution is 2.32. The molecular weight excluding hydrogens is 398 g/mol. The number of hydrogen-bond donors (Lipinski definition) is 0. The third kappa shape index (κ3) is 4.04. The second-order valence-electron chi connectivity index (χ2n) is 6.92. The van der Waals surface area contributed by atoms with Gasteiger partial charge in [-0.3, -0.25) is 14.5 Å². The first kappa shape index (κ1) is 19.6. The molecule has 0 spiro atoms. The lowest BCUT2D eigenvalue weighted by atomic mass is 10.1. The van der Waals surface area contributed by atoms with Crippen LogP contribution in [0.5, 0.6) is 0 Å². The fourth-order valence-electron chi connectivity index (χ4n) is 3.30. The summed E-state index contributed by atoms with van der Waals surface area (Å²) in [4.78, 5) is 30.4. The largest absolute Gasteiger partial charge is 0.376 e. The van der Waals surface area contributed by atoms with Gasteiger partial charge in [0.25, 0.3) is 5.91 Å². The average molecular weight is 416 g/mol. The number of carbonyl (C=O) groups is 2. The zero-order chi connectivity index (χ0) is 20.5. The van der Waals surface area contributed by atoms with Crippen molar-refractivity contribution in [2.24, 2.45) is 0 Å². The molecule has 3 aromatic rings. The zero-order valence-electron chi connectivity index (χ0n) is 15.7. The second kappa shape index (κ2) is 7.96. The van der Waals surface area contributed by atoms with Crippen LogP contribution in [0.2, 0.25) is 0 Å². The summed E-state index contributed by atoms with van der Waals surface area (Å²) in [5.41, 5.74) is 0.909. The Hall–Kier alpha value is -2.71. The number of aromatic nitrogens is 1. The SMILES string of the molecule is CC(=O)c1ccc(C(=O)N(CC2CCCO2)c2nc3c(F)cc(F)cc3s2)cc1. The monoisotopic (exact) mass is 416 g/mol. The molecule has 2 aromatic carbocycles. The topological polar surface area (TPSA) is 59.5 Å². The van der Waals surface area contributed by atoms with Gasteiger partial charge < -0.3 is 4.74 Å². The lowest BCUT2D eigenvalue weighted by molar-refractivity contribution is 0.0916. The van der Waals surface area contributed by atoms with Gasteiger partial charge in [-0.2, -0.15) is 0 Å². The number of fused-ring (bicyclic) bond motifs is 1. The Balaban J connectivity index is 1.72. The fraction of sp³-hybridized carbons (Fsp3) is 0.286. The van der Waals surface area contributed by atoms with Crippen LogP contribution in [0.25, 0.3) is 10.2 Å². The minimum absolute atomic E-state index is 0.0310. The maximum absolute atomic E-state index is 14.1. The first-order valence-electron chi connectivity index (χ1n) is 9.22. The van der Waals surface area contributed by atoms with Crippen LogP contribution in [0.3, 0.4) is 0 Å². The van der Waals surface area contributed by atoms with Gasteiger partial charge in [0, 0.05) is 23.8 Å². The fourth-order valence-corrected chi connectivity index (χ4v) is 4.32. The molecule has 1 aliphatic rings. The molecule has 1 atom stereocenters. The van der Waals surface area contributed by atoms with Crippen molar-refractivity contribution in [3.8, 4) is 0 Å². The molecule has 1 amide bonds. The predicted molar refractivity (Wildman–Crippen MR) is 107 cm³/mol. The molecule has 0 saturated carbocycles. The summed E-state index contributed by atoms with van der Waals surface area (Å²) in [6.45, 7) is 2.34. The lowest BCUT2D eigenvalue weighted by Gasteiger charge is -2.23. The number of carbonyl (C=O) groups excluding carboxylic acids is 2. The molecule has 1 saturated heterocycles. The Morgan fingerprint density at radius 3 is 2.59 bits per heavy atom. The highest BCUT2D eigenvalue weighted by atomic mass is 32.1. The molecule has 0 aliphatic carbocycles. The Morgan fingerprint density at radius 1 is 1.21 bits per heavy atom. The summed E-state index contributed by atoms with van der Waals surface area (Å²) in [5, 5.41) is 0.278. The summed E-state index contributed by atoms with van der Waals surface area (Å²) < 4.78 is 33.7. The highest BCUT2D eigenvalue weighted by molar-refractivity contribution is 7.22. The Kier molecular flexibility index (Phi) is 5.38. The molecule has 1 aliphatic heterocycles. The number of Topliss-reactive ketones (excluding diaryl/α,β-unsaturated/α-hetero) is 1. The summed E-state index contributed by atoms with van der Waals surface area (Å²) in [6.07, 6.45) is 1.56. The molecule has 0 radical (unpaired) electrons. The Bertz CT molecular complexity index is 1080. The molecule has 2 heterocycles. The van der Waals surface area contributed by atoms with E-state index in [4.69, 9.17) is 4.74 Å². The summed E-state index contributed by atoms with van der Waals surface area (Å²) in [6, 6.07) is 8.32. The van der Waals surface area contributed by atoms with Crippen molar-refractivity contribution in [1.29, 1.82) is 0 Å². The number of rotatable bonds is 5. The molecule has 1 aromatic heterocycles. The standard InChI is InChI=1S/C21H18F2N2O3S/c1-12(26)13-4-6-14(7-5-13)20(27)25(11-16-3-2-8-28-16)21-24-19-17(23)9-15(22)10-18(19)29-21/h4-7,9-10,16H,2-3,8,11H2,1H3. The number of thiazole rings is 1. The summed E-state index contributed by atoms with van der Waals surface area (Å²) in [7, 11) is 0. The molecule has 8 heteroatoms. The number of amides is 1. The van der Waals surface area contributed by atoms with Crippen molar-refractivity contribution in [2.45, 2.75) is 25.9 Å². The number of halogens is 2. The molecule has 0 bridgehead atoms. The molecule has 0 N–H and O–H groups in total. The van der Waals surface area contributed by atoms with Gasteiger partial charge in [0.05, 0.1) is 17.3 Å². The Morgan fingerprint density at radius 2 is 1.93 bits per heavy atom. The van der Waals surface area contributed by atoms with Crippen LogP contribution in [-0.4, -0.2) is 35.9 Å². The number of nitrogens with zero attached hydrogens (tertiary/aromatic N) is 2. The van der Waals surface area contributed by atoms with Gasteiger partial charge in [-0.05, 0) is 38.0 Å². The van der Waals surface area contributed by atoms with Crippen LogP contribution in [0, 0.1) is 11.6 Å². The van der Waals surface area contributed by atoms with Crippen LogP contribution in [0.1, 0.15) is 40.5 Å². The minimum atomic E-state index is -0.766. The van der Waals surface area contributed by atoms with Crippen LogP contribution in [0.15, 0.2) is 36.4 Å². The predicted octanol–water partition coefficient (Wildman–Crippen LogP) is 4.60. The van der Waals surface area contributed by atoms with Crippen LogP contribution >= 0.6 is 11.3 Å². The van der Waals surface area contributed by atoms with Gasteiger partial charge in [-0.25, -0.2) is 13.8 Å². The molecule has 1 fully saturated rings. The van der Waals surface area contributed by atoms with E-state index < -0.39 is 11.6 Å². The van der Waals surface area contributed by atoms with Gasteiger partial charge in [-0.1, -0.05) is 23.5 Å². The zero-order valence-corrected chi connectivity index (χ0v) is 16.5. The van der Waals surface area contributed by atoms with Crippen molar-refractivity contribution in [1.82, 2.24) is 4.98 Å². The first-order valence-corrected chi connectivity index (χ1v) is 10.0. The van der Waals surface area contributed by atoms with Crippen molar-refractivity contribution in [2.75, 3.05) is 18.1 Å². The number of hydrogen-bond acceptors (Lipinski definition) is 5. The number of ketones is 1. The second-order valence-corrected chi connectivity index (χ2v) is 7.92. The van der Waals surface area contributed by atoms with Crippen molar-refractivity contribution in [3.05, 3.63) is 59.2 Å². The number of benzene rings is 2. The molecule has 1 unspecified atom stereocenters. The van der Waals surface area contributed by atoms with Gasteiger partial charge >= 0.3 is 0 Å². The van der Waals surface area contributed by atoms with Crippen LogP contribution in [0.4, 0.5) is 13.9 Å². The molecule has 4 rings (SSSR count). The highest BCUT2D eigenvalue weighted by Gasteiger charge is 2.27. The Labute approximate surface area is 169 Å². The first-order chi connectivity index (χ1) is 13.9. The van der Waals surface area contributed by atoms with Gasteiger partial charge in [0.15, 0.2) is 16.7 Å². The molecule has 150 valence electrons. The summed E-state index contributed by atoms with van der Waals surface area (Å²) >= 11 is 1.05. The molecule has 5 nitrogen and oxygen atoms in total. The van der Waals surface area contributed by atoms with Crippen molar-refractivity contribution < 1.29 is 23.1 Å². The van der Waals surface area contributed by atoms with Crippen molar-refractivity contribution >= 4 is 38.4 Å². The maximum atomic E-state index is 14.1. The van der Waals surface area contributed by atoms with E-state index in [0.717, 1.165) is 30.2 Å². The van der Waals surface area contributed by atoms with Gasteiger partial charge in [-0.15, -0.1) is 0 Å². The smallest absolute Gasteiger partial charge is 0.260 e. The van der Waals surface area contributed by atoms with Crippen LogP contribution in [-0.2, 0) is 4.74 Å². The van der Waals surface area contributed by atoms with E-state index >= 15 is 0 Å². The van der Waals surface area contributed by atoms with E-state index in [0.29, 0.717) is 22.4 Å². The lowest BCUT2D eigenvalue weighted by Crippen LogP contribution is -2.37. The normalized spacial score (nSPS) is 16.3. The van der Waals surface area contributed by atoms with E-state index in [2.05, 4.69) is 4.98 Å². The van der Waals surface area contributed by atoms with E-state index in [9.17, 15) is 18.4 Å². The van der Waals surface area contributed by atoms with E-state index in [-0.39, 0.29) is 35.0 Å². The number of ether oxygens (including phenoxy) is 1. The third-order valence-corrected chi connectivity index (χ3v) is 5.85. The van der Waals surface area contributed by atoms with E-state index in [1.165, 1.54) is 17.9 Å². The van der Waals surface area contributed by atoms with Gasteiger partial charge in [0.2, 0.25) is 0 Å². The van der Waals surface area contributed by atoms with E-state index in [1.807, 2.05) is 0 Å². The van der Waals surface area contributed by atoms with E-state index in [1.54, 1.807) is 24.3 Å². The van der Waals surface area contributed by atoms with Crippen LogP contribution < -0.4 is 4.90 Å². The maximum Gasteiger partial charge on any atom is 0.260 e. The number of anilines is 1. The third-order valence-electron chi connectivity index (χ3n) is 4.83.